The number of aliphatic hydroxyl groups excluding tert-OH is 1. The van der Waals surface area contributed by atoms with Crippen molar-refractivity contribution in [3.63, 3.8) is 0 Å². The predicted octanol–water partition coefficient (Wildman–Crippen LogP) is 1.09. The van der Waals surface area contributed by atoms with Gasteiger partial charge in [-0.15, -0.1) is 0 Å². The quantitative estimate of drug-likeness (QED) is 0.551. The van der Waals surface area contributed by atoms with Gasteiger partial charge in [-0.25, -0.2) is 0 Å². The molecule has 134 valence electrons. The van der Waals surface area contributed by atoms with E-state index in [1.54, 1.807) is 12.1 Å². The van der Waals surface area contributed by atoms with Crippen molar-refractivity contribution in [3.8, 4) is 5.75 Å². The molecule has 0 aromatic heterocycles. The Bertz CT molecular complexity index is 535. The number of aromatic hydroxyl groups is 1. The molecule has 1 saturated heterocycles. The molecule has 7 nitrogen and oxygen atoms in total. The minimum atomic E-state index is -1.06. The number of phenols is 1. The van der Waals surface area contributed by atoms with E-state index in [-0.39, 0.29) is 24.0 Å². The third-order valence-electron chi connectivity index (χ3n) is 3.80. The number of hydrogen-bond donors (Lipinski definition) is 4. The first-order valence-electron chi connectivity index (χ1n) is 7.93. The van der Waals surface area contributed by atoms with Crippen molar-refractivity contribution in [2.45, 2.75) is 45.2 Å². The van der Waals surface area contributed by atoms with Gasteiger partial charge in [-0.3, -0.25) is 10.1 Å². The van der Waals surface area contributed by atoms with Gasteiger partial charge in [0.05, 0.1) is 13.2 Å². The molecular formula is C17H25NO6. The standard InChI is InChI=1S/C17H25NO6/c1-17(2)9-23-15(24-10-17)8-14(20)18-13(16(21)22)7-11-3-5-12(19)6-4-11/h3-6,13-15,18-20H,7-10H2,1-2H3,(H,21,22)/t13-,14?/m0/s1. The molecule has 0 aliphatic carbocycles. The molecule has 0 saturated carbocycles. The van der Waals surface area contributed by atoms with Crippen LogP contribution in [-0.2, 0) is 20.7 Å². The molecule has 0 bridgehead atoms. The van der Waals surface area contributed by atoms with E-state index in [0.717, 1.165) is 5.56 Å². The van der Waals surface area contributed by atoms with E-state index < -0.39 is 24.5 Å². The lowest BCUT2D eigenvalue weighted by Gasteiger charge is -2.35. The average Bonchev–Trinajstić information content (AvgIpc) is 2.51. The van der Waals surface area contributed by atoms with E-state index in [1.165, 1.54) is 12.1 Å². The third kappa shape index (κ3) is 5.76. The number of carboxylic acids is 1. The van der Waals surface area contributed by atoms with E-state index in [4.69, 9.17) is 9.47 Å². The summed E-state index contributed by atoms with van der Waals surface area (Å²) in [6, 6.07) is 5.33. The molecule has 4 N–H and O–H groups in total. The van der Waals surface area contributed by atoms with Gasteiger partial charge < -0.3 is 24.8 Å². The number of carbonyl (C=O) groups is 1. The second kappa shape index (κ2) is 7.94. The van der Waals surface area contributed by atoms with E-state index in [9.17, 15) is 20.1 Å². The van der Waals surface area contributed by atoms with Crippen molar-refractivity contribution in [2.75, 3.05) is 13.2 Å². The SMILES string of the molecule is CC1(C)COC(CC(O)N[C@@H](Cc2ccc(O)cc2)C(=O)O)OC1. The number of benzene rings is 1. The highest BCUT2D eigenvalue weighted by molar-refractivity contribution is 5.74. The van der Waals surface area contributed by atoms with Gasteiger partial charge in [0.15, 0.2) is 6.29 Å². The number of aliphatic hydroxyl groups is 1. The Morgan fingerprint density at radius 1 is 1.29 bits per heavy atom. The summed E-state index contributed by atoms with van der Waals surface area (Å²) in [5.41, 5.74) is 0.684. The maximum absolute atomic E-state index is 11.4. The van der Waals surface area contributed by atoms with Crippen molar-refractivity contribution >= 4 is 5.97 Å². The van der Waals surface area contributed by atoms with Crippen molar-refractivity contribution in [3.05, 3.63) is 29.8 Å². The van der Waals surface area contributed by atoms with Crippen LogP contribution in [0.1, 0.15) is 25.8 Å². The van der Waals surface area contributed by atoms with Crippen LogP contribution in [0.2, 0.25) is 0 Å². The van der Waals surface area contributed by atoms with E-state index >= 15 is 0 Å². The van der Waals surface area contributed by atoms with Gasteiger partial charge >= 0.3 is 5.97 Å². The van der Waals surface area contributed by atoms with Crippen LogP contribution in [0.4, 0.5) is 0 Å². The minimum absolute atomic E-state index is 0.0582. The van der Waals surface area contributed by atoms with E-state index in [1.807, 2.05) is 13.8 Å². The molecule has 7 heteroatoms. The molecule has 1 aromatic carbocycles. The molecule has 1 fully saturated rings. The van der Waals surface area contributed by atoms with Gasteiger partial charge in [0.2, 0.25) is 0 Å². The average molecular weight is 339 g/mol. The largest absolute Gasteiger partial charge is 0.508 e. The first kappa shape index (κ1) is 18.7. The number of carboxylic acid groups (broad SMARTS) is 1. The molecule has 2 rings (SSSR count). The van der Waals surface area contributed by atoms with Crippen molar-refractivity contribution in [2.24, 2.45) is 5.41 Å². The maximum atomic E-state index is 11.4. The summed E-state index contributed by atoms with van der Waals surface area (Å²) in [6.07, 6.45) is -1.28. The number of ether oxygens (including phenoxy) is 2. The lowest BCUT2D eigenvalue weighted by atomic mass is 9.95. The van der Waals surface area contributed by atoms with Crippen molar-refractivity contribution in [1.29, 1.82) is 0 Å². The Labute approximate surface area is 141 Å². The number of rotatable bonds is 7. The van der Waals surface area contributed by atoms with Crippen LogP contribution in [-0.4, -0.2) is 53.1 Å². The number of hydrogen-bond acceptors (Lipinski definition) is 6. The summed E-state index contributed by atoms with van der Waals surface area (Å²) in [6.45, 7) is 5.10. The van der Waals surface area contributed by atoms with E-state index in [0.29, 0.717) is 13.2 Å². The highest BCUT2D eigenvalue weighted by Crippen LogP contribution is 2.24. The zero-order valence-corrected chi connectivity index (χ0v) is 13.9. The lowest BCUT2D eigenvalue weighted by molar-refractivity contribution is -0.232. The summed E-state index contributed by atoms with van der Waals surface area (Å²) in [5, 5.41) is 31.4. The van der Waals surface area contributed by atoms with Gasteiger partial charge in [0.25, 0.3) is 0 Å². The zero-order chi connectivity index (χ0) is 17.7. The molecule has 1 heterocycles. The summed E-state index contributed by atoms with van der Waals surface area (Å²) in [7, 11) is 0. The summed E-state index contributed by atoms with van der Waals surface area (Å²) in [5.74, 6) is -0.943. The van der Waals surface area contributed by atoms with Crippen LogP contribution in [0.5, 0.6) is 5.75 Å². The smallest absolute Gasteiger partial charge is 0.321 e. The van der Waals surface area contributed by atoms with Crippen LogP contribution in [0.25, 0.3) is 0 Å². The van der Waals surface area contributed by atoms with E-state index in [2.05, 4.69) is 5.32 Å². The Morgan fingerprint density at radius 3 is 2.42 bits per heavy atom. The molecule has 1 unspecified atom stereocenters. The second-order valence-corrected chi connectivity index (χ2v) is 6.90. The topological polar surface area (TPSA) is 108 Å². The number of aliphatic carboxylic acids is 1. The summed E-state index contributed by atoms with van der Waals surface area (Å²) < 4.78 is 11.1. The van der Waals surface area contributed by atoms with Crippen LogP contribution >= 0.6 is 0 Å². The number of phenolic OH excluding ortho intramolecular Hbond substituents is 1. The molecule has 0 radical (unpaired) electrons. The van der Waals surface area contributed by atoms with Crippen molar-refractivity contribution in [1.82, 2.24) is 5.32 Å². The molecular weight excluding hydrogens is 314 g/mol. The fourth-order valence-corrected chi connectivity index (χ4v) is 2.43. The Balaban J connectivity index is 1.85. The Morgan fingerprint density at radius 2 is 1.88 bits per heavy atom. The lowest BCUT2D eigenvalue weighted by Crippen LogP contribution is -2.47. The van der Waals surface area contributed by atoms with Crippen LogP contribution in [0.15, 0.2) is 24.3 Å². The molecule has 0 spiro atoms. The van der Waals surface area contributed by atoms with Gasteiger partial charge in [0, 0.05) is 11.8 Å². The summed E-state index contributed by atoms with van der Waals surface area (Å²) in [4.78, 5) is 11.4. The fraction of sp³-hybridized carbons (Fsp3) is 0.588. The molecule has 1 aromatic rings. The molecule has 1 aliphatic rings. The van der Waals surface area contributed by atoms with Crippen LogP contribution in [0, 0.1) is 5.41 Å². The molecule has 2 atom stereocenters. The first-order chi connectivity index (χ1) is 11.2. The van der Waals surface area contributed by atoms with Gasteiger partial charge in [-0.1, -0.05) is 26.0 Å². The van der Waals surface area contributed by atoms with Crippen molar-refractivity contribution < 1.29 is 29.6 Å². The third-order valence-corrected chi connectivity index (χ3v) is 3.80. The van der Waals surface area contributed by atoms with Gasteiger partial charge in [-0.2, -0.15) is 0 Å². The van der Waals surface area contributed by atoms with Crippen LogP contribution < -0.4 is 5.32 Å². The van der Waals surface area contributed by atoms with Gasteiger partial charge in [0.1, 0.15) is 18.0 Å². The van der Waals surface area contributed by atoms with Gasteiger partial charge in [-0.05, 0) is 24.1 Å². The highest BCUT2D eigenvalue weighted by atomic mass is 16.7. The summed E-state index contributed by atoms with van der Waals surface area (Å²) >= 11 is 0. The maximum Gasteiger partial charge on any atom is 0.321 e. The second-order valence-electron chi connectivity index (χ2n) is 6.90. The Kier molecular flexibility index (Phi) is 6.17. The first-order valence-corrected chi connectivity index (χ1v) is 7.93. The fourth-order valence-electron chi connectivity index (χ4n) is 2.43. The molecule has 1 aliphatic heterocycles. The monoisotopic (exact) mass is 339 g/mol. The molecule has 0 amide bonds. The number of nitrogens with one attached hydrogen (secondary N) is 1. The Hall–Kier alpha value is -1.67. The zero-order valence-electron chi connectivity index (χ0n) is 13.9. The predicted molar refractivity (Wildman–Crippen MR) is 86.5 cm³/mol. The van der Waals surface area contributed by atoms with Crippen LogP contribution in [0.3, 0.4) is 0 Å². The normalized spacial score (nSPS) is 20.5. The highest BCUT2D eigenvalue weighted by Gasteiger charge is 2.30. The minimum Gasteiger partial charge on any atom is -0.508 e. The molecule has 24 heavy (non-hydrogen) atoms.